The Bertz CT molecular complexity index is 1590. The summed E-state index contributed by atoms with van der Waals surface area (Å²) in [6.45, 7) is 3.84. The molecular weight excluding hydrogens is 718 g/mol. The van der Waals surface area contributed by atoms with Crippen LogP contribution in [-0.4, -0.2) is 87.9 Å². The molecule has 45 heavy (non-hydrogen) atoms. The van der Waals surface area contributed by atoms with E-state index in [0.717, 1.165) is 16.6 Å². The van der Waals surface area contributed by atoms with E-state index >= 15 is 0 Å². The Kier molecular flexibility index (Phi) is 11.8. The Hall–Kier alpha value is -3.51. The number of benzene rings is 2. The molecule has 5 rings (SSSR count). The van der Waals surface area contributed by atoms with E-state index in [-0.39, 0.29) is 23.8 Å². The van der Waals surface area contributed by atoms with Crippen molar-refractivity contribution >= 4 is 50.9 Å². The molecule has 1 atom stereocenters. The highest BCUT2D eigenvalue weighted by molar-refractivity contribution is 14.1. The van der Waals surface area contributed by atoms with Gasteiger partial charge in [-0.2, -0.15) is 0 Å². The number of rotatable bonds is 17. The van der Waals surface area contributed by atoms with Crippen LogP contribution in [0.1, 0.15) is 27.5 Å². The number of alkyl halides is 1. The largest absolute Gasteiger partial charge is 0.496 e. The van der Waals surface area contributed by atoms with Gasteiger partial charge in [0.2, 0.25) is 0 Å². The van der Waals surface area contributed by atoms with E-state index in [1.165, 1.54) is 41.5 Å². The maximum atomic E-state index is 14.4. The minimum Gasteiger partial charge on any atom is -0.496 e. The van der Waals surface area contributed by atoms with Gasteiger partial charge < -0.3 is 23.8 Å². The van der Waals surface area contributed by atoms with Crippen LogP contribution in [0.4, 0.5) is 9.52 Å². The Morgan fingerprint density at radius 3 is 2.60 bits per heavy atom. The van der Waals surface area contributed by atoms with Crippen molar-refractivity contribution in [1.82, 2.24) is 24.9 Å². The number of nitrogens with zero attached hydrogens (tertiary/aromatic N) is 5. The van der Waals surface area contributed by atoms with E-state index in [0.29, 0.717) is 61.5 Å². The SMILES string of the molecule is COc1ccc(F)cc1C(C(=O)Nc1nccs1)N1Cc2ccc(-c3cn(CCOCCOCCOCCI)nn3)cc2C1=O. The molecule has 15 heteroatoms. The average Bonchev–Trinajstić information content (AvgIpc) is 3.80. The highest BCUT2D eigenvalue weighted by atomic mass is 127. The quantitative estimate of drug-likeness (QED) is 0.0951. The van der Waals surface area contributed by atoms with Crippen LogP contribution in [0.2, 0.25) is 0 Å². The van der Waals surface area contributed by atoms with Gasteiger partial charge in [-0.3, -0.25) is 14.9 Å². The lowest BCUT2D eigenvalue weighted by atomic mass is 10.0. The molecule has 1 N–H and O–H groups in total. The van der Waals surface area contributed by atoms with Gasteiger partial charge in [-0.15, -0.1) is 16.4 Å². The molecule has 4 aromatic rings. The zero-order chi connectivity index (χ0) is 31.6. The van der Waals surface area contributed by atoms with E-state index in [9.17, 15) is 14.0 Å². The molecule has 0 aliphatic carbocycles. The monoisotopic (exact) mass is 750 g/mol. The predicted octanol–water partition coefficient (Wildman–Crippen LogP) is 4.37. The standard InChI is InChI=1S/C30H32FIN6O6S/c1-41-26-5-4-22(31)17-24(26)27(28(39)34-30-33-7-15-45-30)38-18-21-3-2-20(16-23(21)29(38)40)25-19-37(36-35-25)8-10-43-12-14-44-13-11-42-9-6-32/h2-5,7,15-17,19,27H,6,8-14,18H2,1H3,(H,33,34,39). The molecule has 1 aliphatic heterocycles. The number of hydrogen-bond donors (Lipinski definition) is 1. The Labute approximate surface area is 277 Å². The second-order valence-corrected chi connectivity index (χ2v) is 11.8. The summed E-state index contributed by atoms with van der Waals surface area (Å²) in [5.74, 6) is -1.19. The molecule has 0 radical (unpaired) electrons. The number of hydrogen-bond acceptors (Lipinski definition) is 10. The third kappa shape index (κ3) is 8.40. The van der Waals surface area contributed by atoms with Gasteiger partial charge in [-0.05, 0) is 29.8 Å². The van der Waals surface area contributed by atoms with Crippen molar-refractivity contribution in [3.8, 4) is 17.0 Å². The van der Waals surface area contributed by atoms with Crippen molar-refractivity contribution in [1.29, 1.82) is 0 Å². The van der Waals surface area contributed by atoms with Crippen LogP contribution in [0.5, 0.6) is 5.75 Å². The van der Waals surface area contributed by atoms with E-state index < -0.39 is 17.8 Å². The number of carbonyl (C=O) groups is 2. The number of aromatic nitrogens is 4. The summed E-state index contributed by atoms with van der Waals surface area (Å²) < 4.78 is 39.0. The number of amides is 2. The van der Waals surface area contributed by atoms with Crippen LogP contribution in [-0.2, 0) is 32.1 Å². The van der Waals surface area contributed by atoms with Crippen molar-refractivity contribution < 1.29 is 32.9 Å². The van der Waals surface area contributed by atoms with Crippen LogP contribution in [0.25, 0.3) is 11.3 Å². The van der Waals surface area contributed by atoms with Crippen LogP contribution < -0.4 is 10.1 Å². The molecule has 12 nitrogen and oxygen atoms in total. The molecule has 2 aromatic heterocycles. The molecule has 3 heterocycles. The van der Waals surface area contributed by atoms with E-state index in [2.05, 4.69) is 43.2 Å². The predicted molar refractivity (Wildman–Crippen MR) is 173 cm³/mol. The number of thiazole rings is 1. The lowest BCUT2D eigenvalue weighted by Crippen LogP contribution is -2.37. The Morgan fingerprint density at radius 1 is 1.09 bits per heavy atom. The fraction of sp³-hybridized carbons (Fsp3) is 0.367. The van der Waals surface area contributed by atoms with Crippen molar-refractivity contribution in [3.05, 3.63) is 76.7 Å². The van der Waals surface area contributed by atoms with Gasteiger partial charge in [0.05, 0.1) is 59.5 Å². The molecule has 1 unspecified atom stereocenters. The van der Waals surface area contributed by atoms with Crippen LogP contribution in [0.15, 0.2) is 54.2 Å². The third-order valence-electron chi connectivity index (χ3n) is 6.92. The normalized spacial score (nSPS) is 13.2. The molecule has 2 amide bonds. The highest BCUT2D eigenvalue weighted by Crippen LogP contribution is 2.38. The van der Waals surface area contributed by atoms with Crippen LogP contribution >= 0.6 is 33.9 Å². The number of anilines is 1. The fourth-order valence-electron chi connectivity index (χ4n) is 4.81. The second-order valence-electron chi connectivity index (χ2n) is 9.81. The summed E-state index contributed by atoms with van der Waals surface area (Å²) in [7, 11) is 1.43. The van der Waals surface area contributed by atoms with E-state index in [1.807, 2.05) is 12.1 Å². The number of fused-ring (bicyclic) bond motifs is 1. The summed E-state index contributed by atoms with van der Waals surface area (Å²) in [5.41, 5.74) is 2.66. The maximum Gasteiger partial charge on any atom is 0.255 e. The van der Waals surface area contributed by atoms with E-state index in [1.54, 1.807) is 28.5 Å². The lowest BCUT2D eigenvalue weighted by Gasteiger charge is -2.28. The van der Waals surface area contributed by atoms with Gasteiger partial charge in [0.15, 0.2) is 5.13 Å². The van der Waals surface area contributed by atoms with Gasteiger partial charge >= 0.3 is 0 Å². The second kappa shape index (κ2) is 16.2. The molecule has 1 aliphatic rings. The van der Waals surface area contributed by atoms with Crippen LogP contribution in [0, 0.1) is 5.82 Å². The Morgan fingerprint density at radius 2 is 1.87 bits per heavy atom. The van der Waals surface area contributed by atoms with Gasteiger partial charge in [-0.1, -0.05) is 39.9 Å². The average molecular weight is 751 g/mol. The highest BCUT2D eigenvalue weighted by Gasteiger charge is 2.39. The van der Waals surface area contributed by atoms with Gasteiger partial charge in [0.1, 0.15) is 23.3 Å². The van der Waals surface area contributed by atoms with E-state index in [4.69, 9.17) is 18.9 Å². The summed E-state index contributed by atoms with van der Waals surface area (Å²) >= 11 is 3.50. The minimum absolute atomic E-state index is 0.142. The van der Waals surface area contributed by atoms with Crippen molar-refractivity contribution in [2.75, 3.05) is 56.5 Å². The first kappa shape index (κ1) is 32.9. The molecule has 0 saturated carbocycles. The van der Waals surface area contributed by atoms with Gasteiger partial charge in [0, 0.05) is 39.2 Å². The molecule has 0 saturated heterocycles. The lowest BCUT2D eigenvalue weighted by molar-refractivity contribution is -0.120. The first-order valence-electron chi connectivity index (χ1n) is 14.2. The third-order valence-corrected chi connectivity index (χ3v) is 8.04. The molecular formula is C30H32FIN6O6S. The zero-order valence-electron chi connectivity index (χ0n) is 24.5. The van der Waals surface area contributed by atoms with Crippen molar-refractivity contribution in [2.24, 2.45) is 0 Å². The Balaban J connectivity index is 1.24. The van der Waals surface area contributed by atoms with Crippen molar-refractivity contribution in [3.63, 3.8) is 0 Å². The van der Waals surface area contributed by atoms with Gasteiger partial charge in [0.25, 0.3) is 11.8 Å². The summed E-state index contributed by atoms with van der Waals surface area (Å²) in [5, 5.41) is 13.3. The molecule has 0 spiro atoms. The first-order valence-corrected chi connectivity index (χ1v) is 16.6. The summed E-state index contributed by atoms with van der Waals surface area (Å²) in [6, 6.07) is 8.14. The van der Waals surface area contributed by atoms with Gasteiger partial charge in [-0.25, -0.2) is 14.1 Å². The number of carbonyl (C=O) groups excluding carboxylic acids is 2. The fourth-order valence-corrected chi connectivity index (χ4v) is 5.66. The summed E-state index contributed by atoms with van der Waals surface area (Å²) in [6.07, 6.45) is 3.34. The molecule has 238 valence electrons. The smallest absolute Gasteiger partial charge is 0.255 e. The number of nitrogens with one attached hydrogen (secondary N) is 1. The molecule has 0 bridgehead atoms. The first-order chi connectivity index (χ1) is 22.0. The molecule has 2 aromatic carbocycles. The number of halogens is 2. The number of methoxy groups -OCH3 is 1. The topological polar surface area (TPSA) is 130 Å². The van der Waals surface area contributed by atoms with Crippen molar-refractivity contribution in [2.45, 2.75) is 19.1 Å². The minimum atomic E-state index is -1.18. The molecule has 0 fully saturated rings. The van der Waals surface area contributed by atoms with Crippen LogP contribution in [0.3, 0.4) is 0 Å². The number of ether oxygens (including phenoxy) is 4. The summed E-state index contributed by atoms with van der Waals surface area (Å²) in [4.78, 5) is 33.0. The maximum absolute atomic E-state index is 14.4. The zero-order valence-corrected chi connectivity index (χ0v) is 27.5.